The second-order valence-electron chi connectivity index (χ2n) is 5.98. The number of rotatable bonds is 5. The zero-order chi connectivity index (χ0) is 16.9. The van der Waals surface area contributed by atoms with Crippen molar-refractivity contribution in [3.63, 3.8) is 0 Å². The van der Waals surface area contributed by atoms with Crippen LogP contribution < -0.4 is 5.32 Å². The van der Waals surface area contributed by atoms with Crippen LogP contribution in [0.3, 0.4) is 0 Å². The summed E-state index contributed by atoms with van der Waals surface area (Å²) in [6.07, 6.45) is 1.11. The fraction of sp³-hybridized carbons (Fsp3) is 0.263. The summed E-state index contributed by atoms with van der Waals surface area (Å²) in [7, 11) is 0. The Morgan fingerprint density at radius 2 is 1.96 bits per heavy atom. The van der Waals surface area contributed by atoms with Crippen molar-refractivity contribution in [2.24, 2.45) is 5.92 Å². The van der Waals surface area contributed by atoms with E-state index >= 15 is 0 Å². The molecule has 2 amide bonds. The normalized spacial score (nSPS) is 17.1. The molecule has 4 nitrogen and oxygen atoms in total. The Morgan fingerprint density at radius 1 is 1.17 bits per heavy atom. The summed E-state index contributed by atoms with van der Waals surface area (Å²) in [4.78, 5) is 26.4. The molecule has 0 aromatic heterocycles. The van der Waals surface area contributed by atoms with Crippen molar-refractivity contribution in [1.82, 2.24) is 4.90 Å². The molecule has 0 radical (unpaired) electrons. The molecule has 1 aliphatic heterocycles. The molecule has 1 fully saturated rings. The van der Waals surface area contributed by atoms with Crippen LogP contribution in [0.2, 0.25) is 0 Å². The lowest BCUT2D eigenvalue weighted by molar-refractivity contribution is -0.128. The molecule has 1 saturated heterocycles. The van der Waals surface area contributed by atoms with Gasteiger partial charge in [0.1, 0.15) is 0 Å². The largest absolute Gasteiger partial charge is 0.342 e. The molecule has 1 unspecified atom stereocenters. The quantitative estimate of drug-likeness (QED) is 0.735. The SMILES string of the molecule is O=C(Nc1cccc(I)c1)C1CC(=O)N(CCc2ccccc2)C1. The number of anilines is 1. The highest BCUT2D eigenvalue weighted by Gasteiger charge is 2.33. The van der Waals surface area contributed by atoms with Gasteiger partial charge in [0.05, 0.1) is 5.92 Å². The second-order valence-corrected chi connectivity index (χ2v) is 7.22. The summed E-state index contributed by atoms with van der Waals surface area (Å²) >= 11 is 2.21. The smallest absolute Gasteiger partial charge is 0.229 e. The number of nitrogens with one attached hydrogen (secondary N) is 1. The van der Waals surface area contributed by atoms with Crippen molar-refractivity contribution in [2.45, 2.75) is 12.8 Å². The van der Waals surface area contributed by atoms with Crippen molar-refractivity contribution in [1.29, 1.82) is 0 Å². The van der Waals surface area contributed by atoms with Crippen LogP contribution >= 0.6 is 22.6 Å². The maximum Gasteiger partial charge on any atom is 0.229 e. The molecule has 2 aromatic rings. The van der Waals surface area contributed by atoms with Gasteiger partial charge in [0.15, 0.2) is 0 Å². The van der Waals surface area contributed by atoms with Gasteiger partial charge in [0.2, 0.25) is 11.8 Å². The second kappa shape index (κ2) is 7.79. The number of benzene rings is 2. The Balaban J connectivity index is 1.55. The minimum atomic E-state index is -0.272. The van der Waals surface area contributed by atoms with Crippen LogP contribution in [0.1, 0.15) is 12.0 Å². The van der Waals surface area contributed by atoms with Gasteiger partial charge < -0.3 is 10.2 Å². The van der Waals surface area contributed by atoms with Crippen LogP contribution in [0.15, 0.2) is 54.6 Å². The van der Waals surface area contributed by atoms with E-state index in [-0.39, 0.29) is 17.7 Å². The van der Waals surface area contributed by atoms with E-state index in [1.54, 1.807) is 4.90 Å². The van der Waals surface area contributed by atoms with Gasteiger partial charge in [0, 0.05) is 28.8 Å². The van der Waals surface area contributed by atoms with E-state index < -0.39 is 0 Å². The standard InChI is InChI=1S/C19H19IN2O2/c20-16-7-4-8-17(12-16)21-19(24)15-11-18(23)22(13-15)10-9-14-5-2-1-3-6-14/h1-8,12,15H,9-11,13H2,(H,21,24). The van der Waals surface area contributed by atoms with Gasteiger partial charge in [-0.25, -0.2) is 0 Å². The lowest BCUT2D eigenvalue weighted by Gasteiger charge is -2.16. The van der Waals surface area contributed by atoms with E-state index in [0.717, 1.165) is 15.7 Å². The zero-order valence-corrected chi connectivity index (χ0v) is 15.4. The molecular weight excluding hydrogens is 415 g/mol. The summed E-state index contributed by atoms with van der Waals surface area (Å²) in [6, 6.07) is 17.8. The van der Waals surface area contributed by atoms with E-state index in [1.807, 2.05) is 42.5 Å². The first kappa shape index (κ1) is 17.0. The Labute approximate surface area is 155 Å². The first-order chi connectivity index (χ1) is 11.6. The number of halogens is 1. The van der Waals surface area contributed by atoms with Gasteiger partial charge in [-0.3, -0.25) is 9.59 Å². The fourth-order valence-corrected chi connectivity index (χ4v) is 3.43. The highest BCUT2D eigenvalue weighted by Crippen LogP contribution is 2.21. The van der Waals surface area contributed by atoms with E-state index in [2.05, 4.69) is 40.0 Å². The minimum Gasteiger partial charge on any atom is -0.342 e. The molecule has 5 heteroatoms. The van der Waals surface area contributed by atoms with Crippen LogP contribution in [0.25, 0.3) is 0 Å². The molecular formula is C19H19IN2O2. The number of hydrogen-bond acceptors (Lipinski definition) is 2. The third-order valence-corrected chi connectivity index (χ3v) is 4.86. The highest BCUT2D eigenvalue weighted by atomic mass is 127. The molecule has 1 aliphatic rings. The molecule has 0 aliphatic carbocycles. The fourth-order valence-electron chi connectivity index (χ4n) is 2.88. The molecule has 0 bridgehead atoms. The molecule has 2 aromatic carbocycles. The molecule has 24 heavy (non-hydrogen) atoms. The first-order valence-corrected chi connectivity index (χ1v) is 9.08. The van der Waals surface area contributed by atoms with Gasteiger partial charge in [0.25, 0.3) is 0 Å². The third-order valence-electron chi connectivity index (χ3n) is 4.19. The van der Waals surface area contributed by atoms with Crippen LogP contribution in [0, 0.1) is 9.49 Å². The zero-order valence-electron chi connectivity index (χ0n) is 13.2. The van der Waals surface area contributed by atoms with Crippen LogP contribution in [0.4, 0.5) is 5.69 Å². The number of nitrogens with zero attached hydrogens (tertiary/aromatic N) is 1. The van der Waals surface area contributed by atoms with Gasteiger partial charge in [-0.05, 0) is 52.8 Å². The lowest BCUT2D eigenvalue weighted by atomic mass is 10.1. The number of amides is 2. The number of carbonyl (C=O) groups excluding carboxylic acids is 2. The Hall–Kier alpha value is -1.89. The van der Waals surface area contributed by atoms with Gasteiger partial charge in [-0.1, -0.05) is 36.4 Å². The summed E-state index contributed by atoms with van der Waals surface area (Å²) in [6.45, 7) is 1.16. The van der Waals surface area contributed by atoms with Crippen molar-refractivity contribution >= 4 is 40.1 Å². The predicted molar refractivity (Wildman–Crippen MR) is 103 cm³/mol. The lowest BCUT2D eigenvalue weighted by Crippen LogP contribution is -2.30. The maximum atomic E-state index is 12.4. The van der Waals surface area contributed by atoms with Crippen molar-refractivity contribution in [2.75, 3.05) is 18.4 Å². The number of carbonyl (C=O) groups is 2. The predicted octanol–water partition coefficient (Wildman–Crippen LogP) is 3.32. The summed E-state index contributed by atoms with van der Waals surface area (Å²) in [5.74, 6) is -0.285. The maximum absolute atomic E-state index is 12.4. The van der Waals surface area contributed by atoms with Crippen molar-refractivity contribution in [3.05, 3.63) is 63.7 Å². The van der Waals surface area contributed by atoms with Crippen LogP contribution in [-0.2, 0) is 16.0 Å². The summed E-state index contributed by atoms with van der Waals surface area (Å²) in [5, 5.41) is 2.92. The van der Waals surface area contributed by atoms with E-state index in [0.29, 0.717) is 19.5 Å². The van der Waals surface area contributed by atoms with Gasteiger partial charge in [-0.15, -0.1) is 0 Å². The first-order valence-electron chi connectivity index (χ1n) is 8.00. The van der Waals surface area contributed by atoms with Crippen LogP contribution in [0.5, 0.6) is 0 Å². The third kappa shape index (κ3) is 4.35. The minimum absolute atomic E-state index is 0.0636. The van der Waals surface area contributed by atoms with Gasteiger partial charge >= 0.3 is 0 Å². The van der Waals surface area contributed by atoms with Crippen molar-refractivity contribution in [3.8, 4) is 0 Å². The molecule has 1 heterocycles. The Kier molecular flexibility index (Phi) is 5.50. The van der Waals surface area contributed by atoms with E-state index in [9.17, 15) is 9.59 Å². The van der Waals surface area contributed by atoms with E-state index in [4.69, 9.17) is 0 Å². The Morgan fingerprint density at radius 3 is 2.71 bits per heavy atom. The van der Waals surface area contributed by atoms with Gasteiger partial charge in [-0.2, -0.15) is 0 Å². The average molecular weight is 434 g/mol. The topological polar surface area (TPSA) is 49.4 Å². The van der Waals surface area contributed by atoms with E-state index in [1.165, 1.54) is 5.56 Å². The average Bonchev–Trinajstić information content (AvgIpc) is 2.95. The molecule has 124 valence electrons. The number of hydrogen-bond donors (Lipinski definition) is 1. The molecule has 1 atom stereocenters. The highest BCUT2D eigenvalue weighted by molar-refractivity contribution is 14.1. The molecule has 0 saturated carbocycles. The number of likely N-dealkylation sites (tertiary alicyclic amines) is 1. The summed E-state index contributed by atoms with van der Waals surface area (Å²) < 4.78 is 1.07. The molecule has 1 N–H and O–H groups in total. The monoisotopic (exact) mass is 434 g/mol. The molecule has 3 rings (SSSR count). The summed E-state index contributed by atoms with van der Waals surface area (Å²) in [5.41, 5.74) is 1.99. The molecule has 0 spiro atoms. The van der Waals surface area contributed by atoms with Crippen LogP contribution in [-0.4, -0.2) is 29.8 Å². The van der Waals surface area contributed by atoms with Crippen molar-refractivity contribution < 1.29 is 9.59 Å². The Bertz CT molecular complexity index is 733.